The molecule has 0 rings (SSSR count). The molecule has 86 valence electrons. The minimum absolute atomic E-state index is 0.474. The average molecular weight is 199 g/mol. The third kappa shape index (κ3) is 7.37. The zero-order chi connectivity index (χ0) is 11.2. The molecule has 0 spiro atoms. The summed E-state index contributed by atoms with van der Waals surface area (Å²) in [5.74, 6) is 0.889. The maximum atomic E-state index is 2.49. The van der Waals surface area contributed by atoms with Gasteiger partial charge in [-0.2, -0.15) is 0 Å². The SMILES string of the molecule is CCC(CC)CN(C)CCC(C)(C)C. The van der Waals surface area contributed by atoms with Crippen LogP contribution >= 0.6 is 0 Å². The van der Waals surface area contributed by atoms with E-state index in [1.807, 2.05) is 0 Å². The topological polar surface area (TPSA) is 3.24 Å². The van der Waals surface area contributed by atoms with Crippen molar-refractivity contribution in [3.8, 4) is 0 Å². The third-order valence-corrected chi connectivity index (χ3v) is 2.97. The van der Waals surface area contributed by atoms with Crippen LogP contribution in [0.4, 0.5) is 0 Å². The van der Waals surface area contributed by atoms with Gasteiger partial charge in [-0.25, -0.2) is 0 Å². The Hall–Kier alpha value is -0.0400. The van der Waals surface area contributed by atoms with Crippen molar-refractivity contribution in [2.24, 2.45) is 11.3 Å². The minimum Gasteiger partial charge on any atom is -0.306 e. The van der Waals surface area contributed by atoms with E-state index in [2.05, 4.69) is 46.6 Å². The Bertz CT molecular complexity index is 131. The van der Waals surface area contributed by atoms with Crippen LogP contribution in [0, 0.1) is 11.3 Å². The van der Waals surface area contributed by atoms with Crippen LogP contribution in [0.3, 0.4) is 0 Å². The van der Waals surface area contributed by atoms with Gasteiger partial charge < -0.3 is 4.90 Å². The summed E-state index contributed by atoms with van der Waals surface area (Å²) in [6.07, 6.45) is 3.93. The summed E-state index contributed by atoms with van der Waals surface area (Å²) in [5, 5.41) is 0. The minimum atomic E-state index is 0.474. The van der Waals surface area contributed by atoms with Gasteiger partial charge in [0.25, 0.3) is 0 Å². The van der Waals surface area contributed by atoms with Crippen LogP contribution in [0.5, 0.6) is 0 Å². The Balaban J connectivity index is 3.69. The Morgan fingerprint density at radius 3 is 1.93 bits per heavy atom. The normalized spacial score (nSPS) is 12.9. The summed E-state index contributed by atoms with van der Waals surface area (Å²) < 4.78 is 0. The lowest BCUT2D eigenvalue weighted by Crippen LogP contribution is -2.28. The van der Waals surface area contributed by atoms with Crippen molar-refractivity contribution in [2.75, 3.05) is 20.1 Å². The molecular weight excluding hydrogens is 170 g/mol. The van der Waals surface area contributed by atoms with Gasteiger partial charge in [-0.15, -0.1) is 0 Å². The first-order valence-electron chi connectivity index (χ1n) is 6.07. The molecule has 0 aliphatic carbocycles. The first kappa shape index (κ1) is 14.0. The van der Waals surface area contributed by atoms with E-state index in [-0.39, 0.29) is 0 Å². The lowest BCUT2D eigenvalue weighted by atomic mass is 9.92. The van der Waals surface area contributed by atoms with E-state index in [1.165, 1.54) is 32.4 Å². The molecule has 0 aliphatic rings. The molecule has 0 amide bonds. The summed E-state index contributed by atoms with van der Waals surface area (Å²) >= 11 is 0. The molecule has 0 N–H and O–H groups in total. The van der Waals surface area contributed by atoms with E-state index in [0.29, 0.717) is 5.41 Å². The first-order valence-corrected chi connectivity index (χ1v) is 6.07. The van der Waals surface area contributed by atoms with E-state index in [4.69, 9.17) is 0 Å². The lowest BCUT2D eigenvalue weighted by molar-refractivity contribution is 0.228. The fourth-order valence-corrected chi connectivity index (χ4v) is 1.61. The van der Waals surface area contributed by atoms with Crippen LogP contribution in [0.25, 0.3) is 0 Å². The van der Waals surface area contributed by atoms with E-state index in [9.17, 15) is 0 Å². The van der Waals surface area contributed by atoms with Crippen molar-refractivity contribution >= 4 is 0 Å². The van der Waals surface area contributed by atoms with Crippen molar-refractivity contribution in [3.05, 3.63) is 0 Å². The van der Waals surface area contributed by atoms with Crippen molar-refractivity contribution in [2.45, 2.75) is 53.9 Å². The maximum Gasteiger partial charge on any atom is 0.000641 e. The highest BCUT2D eigenvalue weighted by molar-refractivity contribution is 4.66. The van der Waals surface area contributed by atoms with Gasteiger partial charge in [-0.05, 0) is 31.3 Å². The number of hydrogen-bond donors (Lipinski definition) is 0. The molecule has 0 bridgehead atoms. The molecule has 0 saturated carbocycles. The van der Waals surface area contributed by atoms with Gasteiger partial charge >= 0.3 is 0 Å². The predicted octanol–water partition coefficient (Wildman–Crippen LogP) is 3.79. The van der Waals surface area contributed by atoms with E-state index < -0.39 is 0 Å². The second-order valence-electron chi connectivity index (χ2n) is 5.76. The number of rotatable bonds is 6. The molecule has 0 aromatic rings. The van der Waals surface area contributed by atoms with Crippen molar-refractivity contribution < 1.29 is 0 Å². The van der Waals surface area contributed by atoms with E-state index in [0.717, 1.165) is 5.92 Å². The van der Waals surface area contributed by atoms with Gasteiger partial charge in [0.15, 0.2) is 0 Å². The molecular formula is C13H29N. The average Bonchev–Trinajstić information content (AvgIpc) is 2.09. The summed E-state index contributed by atoms with van der Waals surface area (Å²) in [5.41, 5.74) is 0.474. The quantitative estimate of drug-likeness (QED) is 0.629. The van der Waals surface area contributed by atoms with E-state index in [1.54, 1.807) is 0 Å². The van der Waals surface area contributed by atoms with Crippen molar-refractivity contribution in [1.29, 1.82) is 0 Å². The Morgan fingerprint density at radius 2 is 1.57 bits per heavy atom. The van der Waals surface area contributed by atoms with Gasteiger partial charge in [-0.3, -0.25) is 0 Å². The molecule has 0 aliphatic heterocycles. The largest absolute Gasteiger partial charge is 0.306 e. The van der Waals surface area contributed by atoms with Gasteiger partial charge in [0.2, 0.25) is 0 Å². The first-order chi connectivity index (χ1) is 6.39. The number of hydrogen-bond acceptors (Lipinski definition) is 1. The molecule has 0 radical (unpaired) electrons. The zero-order valence-corrected chi connectivity index (χ0v) is 11.1. The van der Waals surface area contributed by atoms with Gasteiger partial charge in [-0.1, -0.05) is 47.5 Å². The molecule has 0 aromatic heterocycles. The molecule has 0 saturated heterocycles. The second-order valence-corrected chi connectivity index (χ2v) is 5.76. The molecule has 14 heavy (non-hydrogen) atoms. The van der Waals surface area contributed by atoms with Gasteiger partial charge in [0, 0.05) is 6.54 Å². The van der Waals surface area contributed by atoms with Gasteiger partial charge in [0.1, 0.15) is 0 Å². The molecule has 0 atom stereocenters. The Labute approximate surface area is 90.9 Å². The fourth-order valence-electron chi connectivity index (χ4n) is 1.61. The Kier molecular flexibility index (Phi) is 6.43. The Morgan fingerprint density at radius 1 is 1.07 bits per heavy atom. The van der Waals surface area contributed by atoms with Crippen LogP contribution in [-0.2, 0) is 0 Å². The smallest absolute Gasteiger partial charge is 0.000641 e. The van der Waals surface area contributed by atoms with Crippen LogP contribution in [0.15, 0.2) is 0 Å². The van der Waals surface area contributed by atoms with Gasteiger partial charge in [0.05, 0.1) is 0 Å². The van der Waals surface area contributed by atoms with Crippen molar-refractivity contribution in [1.82, 2.24) is 4.90 Å². The predicted molar refractivity (Wildman–Crippen MR) is 65.6 cm³/mol. The molecule has 0 heterocycles. The lowest BCUT2D eigenvalue weighted by Gasteiger charge is -2.26. The second kappa shape index (κ2) is 6.44. The van der Waals surface area contributed by atoms with E-state index >= 15 is 0 Å². The highest BCUT2D eigenvalue weighted by atomic mass is 15.1. The van der Waals surface area contributed by atoms with Crippen molar-refractivity contribution in [3.63, 3.8) is 0 Å². The maximum absolute atomic E-state index is 2.49. The summed E-state index contributed by atoms with van der Waals surface area (Å²) in [7, 11) is 2.25. The summed E-state index contributed by atoms with van der Waals surface area (Å²) in [6.45, 7) is 14.1. The molecule has 0 fully saturated rings. The van der Waals surface area contributed by atoms with Crippen LogP contribution in [-0.4, -0.2) is 25.0 Å². The standard InChI is InChI=1S/C13H29N/c1-7-12(8-2)11-14(6)10-9-13(3,4)5/h12H,7-11H2,1-6H3. The molecule has 0 unspecified atom stereocenters. The van der Waals surface area contributed by atoms with Crippen LogP contribution < -0.4 is 0 Å². The van der Waals surface area contributed by atoms with Crippen LogP contribution in [0.2, 0.25) is 0 Å². The fraction of sp³-hybridized carbons (Fsp3) is 1.00. The molecule has 1 nitrogen and oxygen atoms in total. The highest BCUT2D eigenvalue weighted by Crippen LogP contribution is 2.19. The summed E-state index contributed by atoms with van der Waals surface area (Å²) in [6, 6.07) is 0. The highest BCUT2D eigenvalue weighted by Gasteiger charge is 2.13. The zero-order valence-electron chi connectivity index (χ0n) is 11.1. The summed E-state index contributed by atoms with van der Waals surface area (Å²) in [4.78, 5) is 2.49. The number of nitrogens with zero attached hydrogens (tertiary/aromatic N) is 1. The third-order valence-electron chi connectivity index (χ3n) is 2.97. The monoisotopic (exact) mass is 199 g/mol. The van der Waals surface area contributed by atoms with Crippen LogP contribution in [0.1, 0.15) is 53.9 Å². The molecule has 0 aromatic carbocycles. The molecule has 1 heteroatoms.